The Bertz CT molecular complexity index is 1110. The van der Waals surface area contributed by atoms with E-state index in [4.69, 9.17) is 9.47 Å². The lowest BCUT2D eigenvalue weighted by molar-refractivity contribution is -0.118. The van der Waals surface area contributed by atoms with Crippen molar-refractivity contribution in [2.24, 2.45) is 0 Å². The number of methoxy groups -OCH3 is 2. The number of fused-ring (bicyclic) bond motifs is 1. The molecule has 0 spiro atoms. The average molecular weight is 462 g/mol. The Kier molecular flexibility index (Phi) is 7.97. The van der Waals surface area contributed by atoms with Crippen molar-refractivity contribution in [2.75, 3.05) is 26.5 Å². The fraction of sp³-hybridized carbons (Fsp3) is 0.409. The van der Waals surface area contributed by atoms with Gasteiger partial charge in [0.05, 0.1) is 25.5 Å². The molecule has 1 N–H and O–H groups in total. The van der Waals surface area contributed by atoms with Crippen molar-refractivity contribution in [1.29, 1.82) is 0 Å². The molecule has 2 heterocycles. The summed E-state index contributed by atoms with van der Waals surface area (Å²) in [5, 5.41) is 5.39. The summed E-state index contributed by atoms with van der Waals surface area (Å²) in [5.41, 5.74) is 1.69. The van der Waals surface area contributed by atoms with Gasteiger partial charge in [0, 0.05) is 12.6 Å². The van der Waals surface area contributed by atoms with E-state index in [1.54, 1.807) is 18.8 Å². The van der Waals surface area contributed by atoms with E-state index in [2.05, 4.69) is 10.3 Å². The van der Waals surface area contributed by atoms with E-state index in [0.717, 1.165) is 12.0 Å². The summed E-state index contributed by atoms with van der Waals surface area (Å²) in [7, 11) is 3.20. The monoisotopic (exact) mass is 461 g/mol. The number of nitrogens with zero attached hydrogens (tertiary/aromatic N) is 2. The Morgan fingerprint density at radius 3 is 2.74 bits per heavy atom. The van der Waals surface area contributed by atoms with Crippen molar-refractivity contribution in [2.45, 2.75) is 37.9 Å². The molecule has 0 saturated heterocycles. The van der Waals surface area contributed by atoms with Crippen LogP contribution in [-0.2, 0) is 11.2 Å². The van der Waals surface area contributed by atoms with Gasteiger partial charge in [-0.25, -0.2) is 4.98 Å². The van der Waals surface area contributed by atoms with E-state index in [9.17, 15) is 9.59 Å². The van der Waals surface area contributed by atoms with Gasteiger partial charge >= 0.3 is 0 Å². The highest BCUT2D eigenvalue weighted by Crippen LogP contribution is 2.27. The maximum atomic E-state index is 12.9. The quantitative estimate of drug-likeness (QED) is 0.364. The zero-order chi connectivity index (χ0) is 22.4. The molecular weight excluding hydrogens is 434 g/mol. The number of amides is 1. The van der Waals surface area contributed by atoms with Crippen LogP contribution in [0, 0.1) is 0 Å². The molecule has 0 fully saturated rings. The van der Waals surface area contributed by atoms with Gasteiger partial charge in [-0.15, -0.1) is 11.3 Å². The van der Waals surface area contributed by atoms with Gasteiger partial charge in [0.1, 0.15) is 4.70 Å². The molecule has 1 aromatic carbocycles. The number of aromatic nitrogens is 2. The lowest BCUT2D eigenvalue weighted by Crippen LogP contribution is -2.29. The number of carbonyl (C=O) groups excluding carboxylic acids is 1. The Hall–Kier alpha value is -2.52. The van der Waals surface area contributed by atoms with Crippen LogP contribution in [0.2, 0.25) is 0 Å². The van der Waals surface area contributed by atoms with Gasteiger partial charge < -0.3 is 14.8 Å². The van der Waals surface area contributed by atoms with Crippen LogP contribution in [0.15, 0.2) is 39.6 Å². The van der Waals surface area contributed by atoms with E-state index in [1.807, 2.05) is 43.5 Å². The van der Waals surface area contributed by atoms with E-state index in [-0.39, 0.29) is 23.3 Å². The number of hydrogen-bond acceptors (Lipinski definition) is 7. The van der Waals surface area contributed by atoms with Gasteiger partial charge in [0.2, 0.25) is 5.91 Å². The summed E-state index contributed by atoms with van der Waals surface area (Å²) in [4.78, 5) is 29.9. The molecule has 9 heteroatoms. The fourth-order valence-electron chi connectivity index (χ4n) is 3.14. The van der Waals surface area contributed by atoms with Crippen molar-refractivity contribution < 1.29 is 14.3 Å². The molecule has 0 aliphatic heterocycles. The van der Waals surface area contributed by atoms with Crippen molar-refractivity contribution >= 4 is 39.2 Å². The van der Waals surface area contributed by atoms with Crippen molar-refractivity contribution in [3.05, 3.63) is 45.6 Å². The molecule has 0 bridgehead atoms. The number of benzene rings is 1. The Labute approximate surface area is 189 Å². The van der Waals surface area contributed by atoms with Crippen LogP contribution in [0.4, 0.5) is 0 Å². The zero-order valence-corrected chi connectivity index (χ0v) is 19.8. The number of thiophene rings is 1. The van der Waals surface area contributed by atoms with Gasteiger partial charge in [0.25, 0.3) is 5.56 Å². The van der Waals surface area contributed by atoms with Crippen LogP contribution in [0.25, 0.3) is 10.2 Å². The molecule has 3 rings (SSSR count). The van der Waals surface area contributed by atoms with Crippen LogP contribution in [0.1, 0.15) is 31.9 Å². The molecule has 0 aliphatic rings. The molecule has 1 amide bonds. The lowest BCUT2D eigenvalue weighted by Gasteiger charge is -2.17. The molecule has 3 aromatic rings. The Morgan fingerprint density at radius 2 is 2.03 bits per heavy atom. The highest BCUT2D eigenvalue weighted by Gasteiger charge is 2.17. The van der Waals surface area contributed by atoms with Gasteiger partial charge in [-0.1, -0.05) is 24.8 Å². The maximum absolute atomic E-state index is 12.9. The third-order valence-corrected chi connectivity index (χ3v) is 6.87. The fourth-order valence-corrected chi connectivity index (χ4v) is 4.83. The first-order chi connectivity index (χ1) is 15.0. The number of hydrogen-bond donors (Lipinski definition) is 1. The normalized spacial score (nSPS) is 12.0. The molecule has 0 radical (unpaired) electrons. The largest absolute Gasteiger partial charge is 0.493 e. The minimum absolute atomic E-state index is 0.0158. The van der Waals surface area contributed by atoms with Crippen LogP contribution in [-0.4, -0.2) is 42.0 Å². The van der Waals surface area contributed by atoms with Crippen LogP contribution in [0.5, 0.6) is 11.5 Å². The van der Waals surface area contributed by atoms with E-state index in [1.165, 1.54) is 23.1 Å². The second kappa shape index (κ2) is 10.7. The predicted octanol–water partition coefficient (Wildman–Crippen LogP) is 3.90. The molecule has 7 nitrogen and oxygen atoms in total. The predicted molar refractivity (Wildman–Crippen MR) is 126 cm³/mol. The van der Waals surface area contributed by atoms with Crippen molar-refractivity contribution in [1.82, 2.24) is 14.9 Å². The smallest absolute Gasteiger partial charge is 0.272 e. The molecular formula is C22H27N3O4S2. The number of ether oxygens (including phenoxy) is 2. The molecule has 31 heavy (non-hydrogen) atoms. The summed E-state index contributed by atoms with van der Waals surface area (Å²) >= 11 is 2.70. The third kappa shape index (κ3) is 5.40. The van der Waals surface area contributed by atoms with Crippen molar-refractivity contribution in [3.8, 4) is 11.5 Å². The highest BCUT2D eigenvalue weighted by molar-refractivity contribution is 7.99. The topological polar surface area (TPSA) is 82.5 Å². The number of nitrogens with one attached hydrogen (secondary N) is 1. The van der Waals surface area contributed by atoms with Gasteiger partial charge in [-0.2, -0.15) is 0 Å². The minimum atomic E-state index is -0.0964. The minimum Gasteiger partial charge on any atom is -0.493 e. The maximum Gasteiger partial charge on any atom is 0.272 e. The Balaban J connectivity index is 1.61. The van der Waals surface area contributed by atoms with Gasteiger partial charge in [0.15, 0.2) is 16.7 Å². The molecule has 0 saturated carbocycles. The standard InChI is InChI=1S/C22H27N3O4S2/c1-5-14(2)25-21(27)20-16(9-11-30-20)24-22(25)31-13-19(26)23-10-8-15-6-7-17(28-3)18(12-15)29-4/h6-7,9,11-12,14H,5,8,10,13H2,1-4H3,(H,23,26)/t14-/m0/s1. The second-order valence-corrected chi connectivity index (χ2v) is 8.90. The van der Waals surface area contributed by atoms with Gasteiger partial charge in [-0.3, -0.25) is 14.2 Å². The van der Waals surface area contributed by atoms with Gasteiger partial charge in [-0.05, 0) is 48.9 Å². The molecule has 2 aromatic heterocycles. The first kappa shape index (κ1) is 23.1. The molecule has 0 aliphatic carbocycles. The summed E-state index contributed by atoms with van der Waals surface area (Å²) in [6.07, 6.45) is 1.48. The summed E-state index contributed by atoms with van der Waals surface area (Å²) < 4.78 is 12.9. The van der Waals surface area contributed by atoms with Crippen LogP contribution < -0.4 is 20.3 Å². The second-order valence-electron chi connectivity index (χ2n) is 7.04. The summed E-state index contributed by atoms with van der Waals surface area (Å²) in [5.74, 6) is 1.44. The highest BCUT2D eigenvalue weighted by atomic mass is 32.2. The third-order valence-electron chi connectivity index (χ3n) is 5.03. The Morgan fingerprint density at radius 1 is 1.26 bits per heavy atom. The van der Waals surface area contributed by atoms with E-state index < -0.39 is 0 Å². The number of thioether (sulfide) groups is 1. The number of carbonyl (C=O) groups is 1. The summed E-state index contributed by atoms with van der Waals surface area (Å²) in [6, 6.07) is 7.57. The van der Waals surface area contributed by atoms with Crippen molar-refractivity contribution in [3.63, 3.8) is 0 Å². The van der Waals surface area contributed by atoms with Crippen LogP contribution in [0.3, 0.4) is 0 Å². The SMILES string of the molecule is CC[C@H](C)n1c(SCC(=O)NCCc2ccc(OC)c(OC)c2)nc2ccsc2c1=O. The first-order valence-corrected chi connectivity index (χ1v) is 11.9. The van der Waals surface area contributed by atoms with Crippen LogP contribution >= 0.6 is 23.1 Å². The number of rotatable bonds is 10. The van der Waals surface area contributed by atoms with E-state index >= 15 is 0 Å². The lowest BCUT2D eigenvalue weighted by atomic mass is 10.1. The molecule has 0 unspecified atom stereocenters. The average Bonchev–Trinajstić information content (AvgIpc) is 3.26. The zero-order valence-electron chi connectivity index (χ0n) is 18.1. The molecule has 1 atom stereocenters. The molecule has 166 valence electrons. The van der Waals surface area contributed by atoms with E-state index in [0.29, 0.717) is 39.8 Å². The summed E-state index contributed by atoms with van der Waals surface area (Å²) in [6.45, 7) is 4.53. The first-order valence-electron chi connectivity index (χ1n) is 10.1.